The van der Waals surface area contributed by atoms with E-state index in [1.165, 1.54) is 12.3 Å². The number of alkyl halides is 3. The van der Waals surface area contributed by atoms with E-state index in [0.29, 0.717) is 25.4 Å². The highest BCUT2D eigenvalue weighted by Gasteiger charge is 2.49. The van der Waals surface area contributed by atoms with Crippen LogP contribution < -0.4 is 4.90 Å². The Bertz CT molecular complexity index is 1290. The molecule has 4 rings (SSSR count). The van der Waals surface area contributed by atoms with Gasteiger partial charge in [0.1, 0.15) is 5.54 Å². The zero-order valence-corrected chi connectivity index (χ0v) is 23.4. The third-order valence-corrected chi connectivity index (χ3v) is 7.88. The fourth-order valence-corrected chi connectivity index (χ4v) is 5.69. The number of benzene rings is 1. The molecule has 1 aromatic heterocycles. The maximum absolute atomic E-state index is 13.5. The van der Waals surface area contributed by atoms with Crippen LogP contribution in [0.1, 0.15) is 61.2 Å². The molecule has 0 N–H and O–H groups in total. The van der Waals surface area contributed by atoms with Crippen LogP contribution in [0.5, 0.6) is 0 Å². The van der Waals surface area contributed by atoms with Gasteiger partial charge in [-0.1, -0.05) is 6.42 Å². The fourth-order valence-electron chi connectivity index (χ4n) is 5.18. The standard InChI is InChI=1S/C28H32F3N5O3S/c1-27(2)25(38)36(21-10-9-20(19-32)22(18-21)28(29,30)31)26(40)35(27)14-5-3-4-11-33-12-7-13-34(16-15-33)24(37)23-8-6-17-39-23/h6,8-10,17-18H,3-5,7,11-16H2,1-2H3. The highest BCUT2D eigenvalue weighted by atomic mass is 32.1. The Hall–Kier alpha value is -3.43. The van der Waals surface area contributed by atoms with Crippen LogP contribution in [0.4, 0.5) is 18.9 Å². The Morgan fingerprint density at radius 1 is 1.10 bits per heavy atom. The maximum Gasteiger partial charge on any atom is 0.417 e. The molecule has 0 aliphatic carbocycles. The molecular weight excluding hydrogens is 543 g/mol. The number of hydrogen-bond acceptors (Lipinski definition) is 6. The van der Waals surface area contributed by atoms with Crippen molar-refractivity contribution in [1.82, 2.24) is 14.7 Å². The Morgan fingerprint density at radius 2 is 1.85 bits per heavy atom. The lowest BCUT2D eigenvalue weighted by Gasteiger charge is -2.29. The molecule has 0 atom stereocenters. The van der Waals surface area contributed by atoms with Gasteiger partial charge in [0.25, 0.3) is 11.8 Å². The monoisotopic (exact) mass is 575 g/mol. The Labute approximate surface area is 236 Å². The minimum absolute atomic E-state index is 0.00219. The summed E-state index contributed by atoms with van der Waals surface area (Å²) in [6, 6.07) is 8.14. The molecule has 3 heterocycles. The number of carbonyl (C=O) groups excluding carboxylic acids is 2. The Morgan fingerprint density at radius 3 is 2.52 bits per heavy atom. The number of nitrogens with zero attached hydrogens (tertiary/aromatic N) is 5. The van der Waals surface area contributed by atoms with Crippen molar-refractivity contribution in [2.24, 2.45) is 0 Å². The minimum Gasteiger partial charge on any atom is -0.459 e. The first-order valence-electron chi connectivity index (χ1n) is 13.3. The van der Waals surface area contributed by atoms with Crippen molar-refractivity contribution in [3.8, 4) is 6.07 Å². The van der Waals surface area contributed by atoms with Crippen molar-refractivity contribution in [3.63, 3.8) is 0 Å². The van der Waals surface area contributed by atoms with Crippen LogP contribution in [-0.4, -0.2) is 76.4 Å². The van der Waals surface area contributed by atoms with Crippen LogP contribution in [0.15, 0.2) is 41.0 Å². The summed E-state index contributed by atoms with van der Waals surface area (Å²) in [6.07, 6.45) is 0.201. The van der Waals surface area contributed by atoms with Gasteiger partial charge in [0, 0.05) is 26.2 Å². The van der Waals surface area contributed by atoms with Crippen molar-refractivity contribution in [2.75, 3.05) is 44.2 Å². The van der Waals surface area contributed by atoms with Crippen LogP contribution in [0.3, 0.4) is 0 Å². The number of amides is 2. The second kappa shape index (κ2) is 12.0. The molecule has 2 saturated heterocycles. The largest absolute Gasteiger partial charge is 0.459 e. The van der Waals surface area contributed by atoms with Crippen molar-refractivity contribution in [2.45, 2.75) is 51.2 Å². The fraction of sp³-hybridized carbons (Fsp3) is 0.500. The SMILES string of the molecule is CC1(C)C(=O)N(c2ccc(C#N)c(C(F)(F)F)c2)C(=S)N1CCCCCN1CCCN(C(=O)c2ccco2)CC1. The maximum atomic E-state index is 13.5. The molecule has 2 amide bonds. The summed E-state index contributed by atoms with van der Waals surface area (Å²) in [4.78, 5) is 32.9. The molecule has 8 nitrogen and oxygen atoms in total. The highest BCUT2D eigenvalue weighted by molar-refractivity contribution is 7.80. The second-order valence-corrected chi connectivity index (χ2v) is 10.9. The number of halogens is 3. The molecule has 12 heteroatoms. The summed E-state index contributed by atoms with van der Waals surface area (Å²) in [7, 11) is 0. The zero-order chi connectivity index (χ0) is 29.1. The molecule has 2 fully saturated rings. The summed E-state index contributed by atoms with van der Waals surface area (Å²) in [5.41, 5.74) is -2.62. The number of anilines is 1. The van der Waals surface area contributed by atoms with Gasteiger partial charge in [-0.05, 0) is 88.7 Å². The lowest BCUT2D eigenvalue weighted by Crippen LogP contribution is -2.44. The van der Waals surface area contributed by atoms with E-state index in [9.17, 15) is 22.8 Å². The van der Waals surface area contributed by atoms with E-state index in [1.54, 1.807) is 36.9 Å². The first kappa shape index (κ1) is 29.6. The van der Waals surface area contributed by atoms with E-state index in [0.717, 1.165) is 62.4 Å². The van der Waals surface area contributed by atoms with Crippen molar-refractivity contribution in [3.05, 3.63) is 53.5 Å². The molecule has 2 aliphatic rings. The molecule has 0 radical (unpaired) electrons. The summed E-state index contributed by atoms with van der Waals surface area (Å²) in [6.45, 7) is 7.80. The predicted molar refractivity (Wildman–Crippen MR) is 147 cm³/mol. The molecule has 0 bridgehead atoms. The molecule has 1 aromatic carbocycles. The van der Waals surface area contributed by atoms with E-state index < -0.39 is 28.7 Å². The first-order chi connectivity index (χ1) is 18.9. The number of furan rings is 1. The molecule has 40 heavy (non-hydrogen) atoms. The van der Waals surface area contributed by atoms with Crippen molar-refractivity contribution >= 4 is 34.8 Å². The predicted octanol–water partition coefficient (Wildman–Crippen LogP) is 4.90. The molecule has 2 aromatic rings. The third kappa shape index (κ3) is 6.15. The minimum atomic E-state index is -4.73. The molecule has 214 valence electrons. The van der Waals surface area contributed by atoms with Gasteiger partial charge >= 0.3 is 6.18 Å². The van der Waals surface area contributed by atoms with E-state index in [2.05, 4.69) is 4.90 Å². The van der Waals surface area contributed by atoms with E-state index in [1.807, 2.05) is 4.90 Å². The smallest absolute Gasteiger partial charge is 0.417 e. The molecule has 2 aliphatic heterocycles. The van der Waals surface area contributed by atoms with Crippen LogP contribution in [0.2, 0.25) is 0 Å². The summed E-state index contributed by atoms with van der Waals surface area (Å²) >= 11 is 5.56. The summed E-state index contributed by atoms with van der Waals surface area (Å²) in [5.74, 6) is -0.142. The zero-order valence-electron chi connectivity index (χ0n) is 22.5. The summed E-state index contributed by atoms with van der Waals surface area (Å²) < 4.78 is 45.8. The van der Waals surface area contributed by atoms with Gasteiger partial charge in [0.05, 0.1) is 29.1 Å². The number of carbonyl (C=O) groups is 2. The van der Waals surface area contributed by atoms with E-state index in [4.69, 9.17) is 21.9 Å². The lowest BCUT2D eigenvalue weighted by molar-refractivity contribution is -0.137. The molecule has 0 saturated carbocycles. The van der Waals surface area contributed by atoms with Crippen LogP contribution in [-0.2, 0) is 11.0 Å². The van der Waals surface area contributed by atoms with Crippen LogP contribution in [0.25, 0.3) is 0 Å². The average molecular weight is 576 g/mol. The number of thiocarbonyl (C=S) groups is 1. The number of nitriles is 1. The average Bonchev–Trinajstić information content (AvgIpc) is 3.41. The van der Waals surface area contributed by atoms with Crippen molar-refractivity contribution < 1.29 is 27.2 Å². The van der Waals surface area contributed by atoms with Crippen molar-refractivity contribution in [1.29, 1.82) is 5.26 Å². The molecule has 0 spiro atoms. The van der Waals surface area contributed by atoms with Gasteiger partial charge in [-0.3, -0.25) is 14.5 Å². The van der Waals surface area contributed by atoms with Gasteiger partial charge in [-0.15, -0.1) is 0 Å². The van der Waals surface area contributed by atoms with Gasteiger partial charge in [0.15, 0.2) is 10.9 Å². The molecular formula is C28H32F3N5O3S. The lowest BCUT2D eigenvalue weighted by atomic mass is 10.0. The topological polar surface area (TPSA) is 84.0 Å². The van der Waals surface area contributed by atoms with Gasteiger partial charge in [-0.25, -0.2) is 0 Å². The number of hydrogen-bond donors (Lipinski definition) is 0. The number of unbranched alkanes of at least 4 members (excludes halogenated alkanes) is 2. The third-order valence-electron chi connectivity index (χ3n) is 7.47. The van der Waals surface area contributed by atoms with Crippen LogP contribution >= 0.6 is 12.2 Å². The van der Waals surface area contributed by atoms with E-state index in [-0.39, 0.29) is 16.7 Å². The first-order valence-corrected chi connectivity index (χ1v) is 13.7. The normalized spacial score (nSPS) is 18.2. The van der Waals surface area contributed by atoms with Gasteiger partial charge in [-0.2, -0.15) is 18.4 Å². The Balaban J connectivity index is 1.29. The Kier molecular flexibility index (Phi) is 8.85. The van der Waals surface area contributed by atoms with Gasteiger partial charge < -0.3 is 19.1 Å². The van der Waals surface area contributed by atoms with E-state index >= 15 is 0 Å². The highest BCUT2D eigenvalue weighted by Crippen LogP contribution is 2.38. The number of rotatable bonds is 8. The summed E-state index contributed by atoms with van der Waals surface area (Å²) in [5, 5.41) is 9.24. The quantitative estimate of drug-likeness (QED) is 0.327. The second-order valence-electron chi connectivity index (χ2n) is 10.5. The van der Waals surface area contributed by atoms with Gasteiger partial charge in [0.2, 0.25) is 0 Å². The molecule has 0 unspecified atom stereocenters. The van der Waals surface area contributed by atoms with Crippen LogP contribution in [0, 0.1) is 11.3 Å².